The van der Waals surface area contributed by atoms with Crippen molar-refractivity contribution in [1.29, 1.82) is 0 Å². The van der Waals surface area contributed by atoms with Crippen molar-refractivity contribution in [3.63, 3.8) is 0 Å². The number of benzene rings is 1. The van der Waals surface area contributed by atoms with Gasteiger partial charge in [-0.3, -0.25) is 4.68 Å². The van der Waals surface area contributed by atoms with Gasteiger partial charge in [0.05, 0.1) is 5.69 Å². The van der Waals surface area contributed by atoms with Crippen LogP contribution in [0.15, 0.2) is 30.5 Å². The maximum Gasteiger partial charge on any atom is 0.0728 e. The highest BCUT2D eigenvalue weighted by molar-refractivity contribution is 5.66. The van der Waals surface area contributed by atoms with Crippen molar-refractivity contribution in [1.82, 2.24) is 9.78 Å². The fourth-order valence-corrected chi connectivity index (χ4v) is 2.12. The minimum absolute atomic E-state index is 0.0810. The van der Waals surface area contributed by atoms with Crippen LogP contribution < -0.4 is 5.73 Å². The van der Waals surface area contributed by atoms with Crippen molar-refractivity contribution < 1.29 is 0 Å². The predicted molar refractivity (Wildman–Crippen MR) is 75.3 cm³/mol. The lowest BCUT2D eigenvalue weighted by molar-refractivity contribution is 0.713. The van der Waals surface area contributed by atoms with Crippen LogP contribution in [0.3, 0.4) is 0 Å². The molecule has 18 heavy (non-hydrogen) atoms. The van der Waals surface area contributed by atoms with Crippen LogP contribution in [0.5, 0.6) is 0 Å². The number of nitrogens with zero attached hydrogens (tertiary/aromatic N) is 2. The van der Waals surface area contributed by atoms with Gasteiger partial charge in [0.2, 0.25) is 0 Å². The monoisotopic (exact) mass is 243 g/mol. The number of nitrogens with two attached hydrogens (primary N) is 1. The second kappa shape index (κ2) is 4.94. The van der Waals surface area contributed by atoms with Gasteiger partial charge < -0.3 is 5.73 Å². The molecule has 0 spiro atoms. The quantitative estimate of drug-likeness (QED) is 0.899. The first kappa shape index (κ1) is 12.8. The van der Waals surface area contributed by atoms with Gasteiger partial charge in [0, 0.05) is 24.8 Å². The lowest BCUT2D eigenvalue weighted by Gasteiger charge is -2.08. The third kappa shape index (κ3) is 2.46. The van der Waals surface area contributed by atoms with Crippen LogP contribution in [0.2, 0.25) is 0 Å². The smallest absolute Gasteiger partial charge is 0.0728 e. The summed E-state index contributed by atoms with van der Waals surface area (Å²) in [6.07, 6.45) is 2.08. The summed E-state index contributed by atoms with van der Waals surface area (Å²) in [4.78, 5) is 0. The summed E-state index contributed by atoms with van der Waals surface area (Å²) in [5.74, 6) is 0.425. The largest absolute Gasteiger partial charge is 0.324 e. The van der Waals surface area contributed by atoms with Crippen molar-refractivity contribution >= 4 is 0 Å². The highest BCUT2D eigenvalue weighted by atomic mass is 15.3. The Balaban J connectivity index is 2.42. The highest BCUT2D eigenvalue weighted by Gasteiger charge is 2.13. The summed E-state index contributed by atoms with van der Waals surface area (Å²) < 4.78 is 1.88. The number of aromatic nitrogens is 2. The van der Waals surface area contributed by atoms with Crippen molar-refractivity contribution in [2.24, 2.45) is 12.8 Å². The molecular formula is C15H21N3. The first-order valence-corrected chi connectivity index (χ1v) is 6.38. The van der Waals surface area contributed by atoms with Crippen LogP contribution in [0.4, 0.5) is 0 Å². The van der Waals surface area contributed by atoms with Crippen LogP contribution in [0, 0.1) is 0 Å². The van der Waals surface area contributed by atoms with Crippen molar-refractivity contribution in [3.05, 3.63) is 41.7 Å². The number of hydrogen-bond donors (Lipinski definition) is 1. The molecule has 2 rings (SSSR count). The molecule has 0 fully saturated rings. The molecule has 3 heteroatoms. The van der Waals surface area contributed by atoms with E-state index in [9.17, 15) is 0 Å². The normalized spacial score (nSPS) is 13.0. The molecule has 1 heterocycles. The van der Waals surface area contributed by atoms with Gasteiger partial charge >= 0.3 is 0 Å². The van der Waals surface area contributed by atoms with Crippen LogP contribution >= 0.6 is 0 Å². The molecule has 96 valence electrons. The molecule has 2 N–H and O–H groups in total. The van der Waals surface area contributed by atoms with Gasteiger partial charge in [-0.25, -0.2) is 0 Å². The molecule has 0 aliphatic rings. The van der Waals surface area contributed by atoms with E-state index in [0.717, 1.165) is 11.3 Å². The first-order valence-electron chi connectivity index (χ1n) is 6.38. The molecule has 1 unspecified atom stereocenters. The van der Waals surface area contributed by atoms with E-state index in [1.165, 1.54) is 11.1 Å². The van der Waals surface area contributed by atoms with E-state index in [4.69, 9.17) is 5.73 Å². The summed E-state index contributed by atoms with van der Waals surface area (Å²) in [5.41, 5.74) is 10.6. The lowest BCUT2D eigenvalue weighted by atomic mass is 9.98. The zero-order valence-corrected chi connectivity index (χ0v) is 11.5. The molecule has 0 saturated heterocycles. The standard InChI is InChI=1S/C15H21N3/c1-10(2)15-14(9-18(4)17-15)13-7-5-12(6-8-13)11(3)16/h5-11H,16H2,1-4H3. The summed E-state index contributed by atoms with van der Waals surface area (Å²) in [6, 6.07) is 8.52. The molecular weight excluding hydrogens is 222 g/mol. The fraction of sp³-hybridized carbons (Fsp3) is 0.400. The Hall–Kier alpha value is -1.61. The Kier molecular flexibility index (Phi) is 3.53. The molecule has 2 aromatic rings. The van der Waals surface area contributed by atoms with Crippen molar-refractivity contribution in [3.8, 4) is 11.1 Å². The number of aryl methyl sites for hydroxylation is 1. The third-order valence-electron chi connectivity index (χ3n) is 3.15. The molecule has 1 atom stereocenters. The molecule has 0 radical (unpaired) electrons. The maximum atomic E-state index is 5.87. The SMILES string of the molecule is CC(C)c1nn(C)cc1-c1ccc(C(C)N)cc1. The van der Waals surface area contributed by atoms with Gasteiger partial charge in [0.25, 0.3) is 0 Å². The third-order valence-corrected chi connectivity index (χ3v) is 3.15. The number of rotatable bonds is 3. The van der Waals surface area contributed by atoms with E-state index in [1.54, 1.807) is 0 Å². The predicted octanol–water partition coefficient (Wildman–Crippen LogP) is 3.23. The van der Waals surface area contributed by atoms with Gasteiger partial charge in [-0.2, -0.15) is 5.10 Å². The molecule has 0 amide bonds. The molecule has 3 nitrogen and oxygen atoms in total. The van der Waals surface area contributed by atoms with E-state index in [1.807, 2.05) is 18.7 Å². The average Bonchev–Trinajstić information content (AvgIpc) is 2.71. The highest BCUT2D eigenvalue weighted by Crippen LogP contribution is 2.28. The zero-order valence-electron chi connectivity index (χ0n) is 11.5. The molecule has 0 bridgehead atoms. The summed E-state index contributed by atoms with van der Waals surface area (Å²) >= 11 is 0. The Bertz CT molecular complexity index is 521. The first-order chi connectivity index (χ1) is 8.49. The average molecular weight is 243 g/mol. The van der Waals surface area contributed by atoms with Crippen molar-refractivity contribution in [2.45, 2.75) is 32.7 Å². The Labute approximate surface area is 109 Å². The van der Waals surface area contributed by atoms with E-state index in [0.29, 0.717) is 5.92 Å². The number of hydrogen-bond acceptors (Lipinski definition) is 2. The van der Waals surface area contributed by atoms with Crippen LogP contribution in [0.25, 0.3) is 11.1 Å². The van der Waals surface area contributed by atoms with Crippen LogP contribution in [-0.2, 0) is 7.05 Å². The van der Waals surface area contributed by atoms with Gasteiger partial charge in [0.1, 0.15) is 0 Å². The molecule has 0 saturated carbocycles. The van der Waals surface area contributed by atoms with Gasteiger partial charge in [0.15, 0.2) is 0 Å². The minimum Gasteiger partial charge on any atom is -0.324 e. The van der Waals surface area contributed by atoms with E-state index >= 15 is 0 Å². The summed E-state index contributed by atoms with van der Waals surface area (Å²) in [5, 5.41) is 4.54. The van der Waals surface area contributed by atoms with Gasteiger partial charge in [-0.1, -0.05) is 38.1 Å². The Morgan fingerprint density at radius 1 is 1.11 bits per heavy atom. The van der Waals surface area contributed by atoms with Crippen molar-refractivity contribution in [2.75, 3.05) is 0 Å². The topological polar surface area (TPSA) is 43.8 Å². The summed E-state index contributed by atoms with van der Waals surface area (Å²) in [6.45, 7) is 6.34. The molecule has 0 aliphatic carbocycles. The Morgan fingerprint density at radius 3 is 2.22 bits per heavy atom. The van der Waals surface area contributed by atoms with Crippen LogP contribution in [-0.4, -0.2) is 9.78 Å². The maximum absolute atomic E-state index is 5.87. The molecule has 1 aromatic carbocycles. The fourth-order valence-electron chi connectivity index (χ4n) is 2.12. The van der Waals surface area contributed by atoms with Gasteiger partial charge in [-0.05, 0) is 24.0 Å². The molecule has 1 aromatic heterocycles. The van der Waals surface area contributed by atoms with E-state index in [2.05, 4.69) is 49.4 Å². The second-order valence-corrected chi connectivity index (χ2v) is 5.17. The zero-order chi connectivity index (χ0) is 13.3. The van der Waals surface area contributed by atoms with E-state index in [-0.39, 0.29) is 6.04 Å². The lowest BCUT2D eigenvalue weighted by Crippen LogP contribution is -2.04. The summed E-state index contributed by atoms with van der Waals surface area (Å²) in [7, 11) is 1.96. The second-order valence-electron chi connectivity index (χ2n) is 5.17. The van der Waals surface area contributed by atoms with Gasteiger partial charge in [-0.15, -0.1) is 0 Å². The van der Waals surface area contributed by atoms with E-state index < -0.39 is 0 Å². The van der Waals surface area contributed by atoms with Crippen LogP contribution in [0.1, 0.15) is 44.0 Å². The minimum atomic E-state index is 0.0810. The Morgan fingerprint density at radius 2 is 1.72 bits per heavy atom. The molecule has 0 aliphatic heterocycles.